The summed E-state index contributed by atoms with van der Waals surface area (Å²) in [6, 6.07) is 17.2. The van der Waals surface area contributed by atoms with Crippen LogP contribution in [-0.2, 0) is 6.42 Å². The standard InChI is InChI=1S/C16H16ClNO/c17-15-10-4-9-14(12-15)16(19)18-11-5-8-13-6-2-1-3-7-13/h1-4,6-7,9-10,12H,5,8,11H2,(H,18,19). The van der Waals surface area contributed by atoms with Gasteiger partial charge >= 0.3 is 0 Å². The molecule has 0 unspecified atom stereocenters. The van der Waals surface area contributed by atoms with Gasteiger partial charge in [-0.3, -0.25) is 4.79 Å². The average molecular weight is 274 g/mol. The van der Waals surface area contributed by atoms with Gasteiger partial charge in [0.2, 0.25) is 0 Å². The fourth-order valence-corrected chi connectivity index (χ4v) is 2.06. The molecule has 2 aromatic rings. The summed E-state index contributed by atoms with van der Waals surface area (Å²) < 4.78 is 0. The molecule has 0 aliphatic heterocycles. The maximum atomic E-state index is 11.8. The molecule has 0 aromatic heterocycles. The van der Waals surface area contributed by atoms with E-state index >= 15 is 0 Å². The average Bonchev–Trinajstić information content (AvgIpc) is 2.44. The highest BCUT2D eigenvalue weighted by atomic mass is 35.5. The zero-order chi connectivity index (χ0) is 13.5. The Morgan fingerprint density at radius 1 is 1.05 bits per heavy atom. The summed E-state index contributed by atoms with van der Waals surface area (Å²) in [5.41, 5.74) is 1.90. The first-order chi connectivity index (χ1) is 9.25. The van der Waals surface area contributed by atoms with Crippen LogP contribution in [0.3, 0.4) is 0 Å². The summed E-state index contributed by atoms with van der Waals surface area (Å²) in [5.74, 6) is -0.0736. The maximum Gasteiger partial charge on any atom is 0.251 e. The zero-order valence-corrected chi connectivity index (χ0v) is 11.4. The van der Waals surface area contributed by atoms with E-state index in [9.17, 15) is 4.79 Å². The predicted molar refractivity (Wildman–Crippen MR) is 78.5 cm³/mol. The van der Waals surface area contributed by atoms with Crippen LogP contribution in [0.1, 0.15) is 22.3 Å². The van der Waals surface area contributed by atoms with Crippen molar-refractivity contribution in [1.82, 2.24) is 5.32 Å². The summed E-state index contributed by atoms with van der Waals surface area (Å²) in [5, 5.41) is 3.48. The number of rotatable bonds is 5. The van der Waals surface area contributed by atoms with Gasteiger partial charge in [-0.2, -0.15) is 0 Å². The van der Waals surface area contributed by atoms with Crippen LogP contribution in [0.15, 0.2) is 54.6 Å². The van der Waals surface area contributed by atoms with Gasteiger partial charge in [0, 0.05) is 17.1 Å². The Kier molecular flexibility index (Phi) is 4.99. The van der Waals surface area contributed by atoms with Gasteiger partial charge in [-0.15, -0.1) is 0 Å². The molecule has 0 heterocycles. The first kappa shape index (κ1) is 13.6. The molecule has 0 aliphatic rings. The molecular weight excluding hydrogens is 258 g/mol. The normalized spacial score (nSPS) is 10.2. The van der Waals surface area contributed by atoms with Crippen molar-refractivity contribution in [2.24, 2.45) is 0 Å². The molecule has 19 heavy (non-hydrogen) atoms. The molecule has 0 aliphatic carbocycles. The van der Waals surface area contributed by atoms with E-state index in [4.69, 9.17) is 11.6 Å². The second-order valence-electron chi connectivity index (χ2n) is 4.36. The minimum Gasteiger partial charge on any atom is -0.352 e. The Bertz CT molecular complexity index is 539. The smallest absolute Gasteiger partial charge is 0.251 e. The Morgan fingerprint density at radius 3 is 2.58 bits per heavy atom. The largest absolute Gasteiger partial charge is 0.352 e. The number of benzene rings is 2. The molecule has 0 fully saturated rings. The van der Waals surface area contributed by atoms with E-state index in [2.05, 4.69) is 17.4 Å². The maximum absolute atomic E-state index is 11.8. The molecular formula is C16H16ClNO. The highest BCUT2D eigenvalue weighted by Crippen LogP contribution is 2.10. The van der Waals surface area contributed by atoms with Gasteiger partial charge in [0.15, 0.2) is 0 Å². The molecule has 0 atom stereocenters. The highest BCUT2D eigenvalue weighted by molar-refractivity contribution is 6.30. The topological polar surface area (TPSA) is 29.1 Å². The van der Waals surface area contributed by atoms with Crippen molar-refractivity contribution in [2.45, 2.75) is 12.8 Å². The highest BCUT2D eigenvalue weighted by Gasteiger charge is 2.04. The first-order valence-electron chi connectivity index (χ1n) is 6.33. The number of amides is 1. The van der Waals surface area contributed by atoms with Crippen LogP contribution in [0.2, 0.25) is 5.02 Å². The van der Waals surface area contributed by atoms with Crippen LogP contribution in [0, 0.1) is 0 Å². The van der Waals surface area contributed by atoms with E-state index in [1.54, 1.807) is 24.3 Å². The number of hydrogen-bond donors (Lipinski definition) is 1. The molecule has 0 radical (unpaired) electrons. The van der Waals surface area contributed by atoms with Crippen molar-refractivity contribution >= 4 is 17.5 Å². The Balaban J connectivity index is 1.75. The SMILES string of the molecule is O=C(NCCCc1ccccc1)c1cccc(Cl)c1. The van der Waals surface area contributed by atoms with Crippen molar-refractivity contribution in [3.05, 3.63) is 70.7 Å². The molecule has 2 aromatic carbocycles. The van der Waals surface area contributed by atoms with Crippen molar-refractivity contribution < 1.29 is 4.79 Å². The van der Waals surface area contributed by atoms with Gasteiger partial charge in [0.25, 0.3) is 5.91 Å². The molecule has 0 spiro atoms. The van der Waals surface area contributed by atoms with E-state index in [-0.39, 0.29) is 5.91 Å². The van der Waals surface area contributed by atoms with Crippen molar-refractivity contribution in [1.29, 1.82) is 0 Å². The Morgan fingerprint density at radius 2 is 1.84 bits per heavy atom. The quantitative estimate of drug-likeness (QED) is 0.827. The minimum atomic E-state index is -0.0736. The number of nitrogens with one attached hydrogen (secondary N) is 1. The van der Waals surface area contributed by atoms with Crippen LogP contribution >= 0.6 is 11.6 Å². The Hall–Kier alpha value is -1.80. The fraction of sp³-hybridized carbons (Fsp3) is 0.188. The van der Waals surface area contributed by atoms with Gasteiger partial charge in [0.05, 0.1) is 0 Å². The molecule has 0 bridgehead atoms. The van der Waals surface area contributed by atoms with E-state index in [0.29, 0.717) is 17.1 Å². The van der Waals surface area contributed by atoms with E-state index in [0.717, 1.165) is 12.8 Å². The van der Waals surface area contributed by atoms with Crippen LogP contribution < -0.4 is 5.32 Å². The zero-order valence-electron chi connectivity index (χ0n) is 10.6. The van der Waals surface area contributed by atoms with E-state index < -0.39 is 0 Å². The molecule has 2 rings (SSSR count). The van der Waals surface area contributed by atoms with Gasteiger partial charge in [-0.05, 0) is 36.6 Å². The molecule has 1 N–H and O–H groups in total. The molecule has 2 nitrogen and oxygen atoms in total. The van der Waals surface area contributed by atoms with Crippen molar-refractivity contribution in [2.75, 3.05) is 6.54 Å². The fourth-order valence-electron chi connectivity index (χ4n) is 1.87. The molecule has 3 heteroatoms. The number of hydrogen-bond acceptors (Lipinski definition) is 1. The van der Waals surface area contributed by atoms with Crippen LogP contribution in [0.25, 0.3) is 0 Å². The van der Waals surface area contributed by atoms with Crippen molar-refractivity contribution in [3.8, 4) is 0 Å². The van der Waals surface area contributed by atoms with Gasteiger partial charge in [0.1, 0.15) is 0 Å². The lowest BCUT2D eigenvalue weighted by Gasteiger charge is -2.05. The second-order valence-corrected chi connectivity index (χ2v) is 4.79. The number of carbonyl (C=O) groups excluding carboxylic acids is 1. The second kappa shape index (κ2) is 6.95. The monoisotopic (exact) mass is 273 g/mol. The summed E-state index contributed by atoms with van der Waals surface area (Å²) in [6.45, 7) is 0.667. The lowest BCUT2D eigenvalue weighted by molar-refractivity contribution is 0.0953. The van der Waals surface area contributed by atoms with E-state index in [1.165, 1.54) is 5.56 Å². The molecule has 98 valence electrons. The Labute approximate surface area is 118 Å². The molecule has 0 saturated heterocycles. The summed E-state index contributed by atoms with van der Waals surface area (Å²) in [6.07, 6.45) is 1.90. The van der Waals surface area contributed by atoms with Crippen LogP contribution in [0.4, 0.5) is 0 Å². The van der Waals surface area contributed by atoms with E-state index in [1.807, 2.05) is 18.2 Å². The summed E-state index contributed by atoms with van der Waals surface area (Å²) in [4.78, 5) is 11.8. The minimum absolute atomic E-state index is 0.0736. The van der Waals surface area contributed by atoms with Gasteiger partial charge < -0.3 is 5.32 Å². The lowest BCUT2D eigenvalue weighted by atomic mass is 10.1. The molecule has 0 saturated carbocycles. The third kappa shape index (κ3) is 4.42. The summed E-state index contributed by atoms with van der Waals surface area (Å²) in [7, 11) is 0. The number of carbonyl (C=O) groups is 1. The third-order valence-electron chi connectivity index (χ3n) is 2.86. The van der Waals surface area contributed by atoms with Crippen LogP contribution in [0.5, 0.6) is 0 Å². The lowest BCUT2D eigenvalue weighted by Crippen LogP contribution is -2.24. The first-order valence-corrected chi connectivity index (χ1v) is 6.71. The van der Waals surface area contributed by atoms with Crippen LogP contribution in [-0.4, -0.2) is 12.5 Å². The summed E-state index contributed by atoms with van der Waals surface area (Å²) >= 11 is 5.85. The number of halogens is 1. The van der Waals surface area contributed by atoms with Crippen molar-refractivity contribution in [3.63, 3.8) is 0 Å². The molecule has 1 amide bonds. The number of aryl methyl sites for hydroxylation is 1. The third-order valence-corrected chi connectivity index (χ3v) is 3.09. The van der Waals surface area contributed by atoms with Gasteiger partial charge in [-0.1, -0.05) is 48.0 Å². The van der Waals surface area contributed by atoms with Gasteiger partial charge in [-0.25, -0.2) is 0 Å². The predicted octanol–water partition coefficient (Wildman–Crippen LogP) is 3.70.